The van der Waals surface area contributed by atoms with Crippen LogP contribution in [0.4, 0.5) is 0 Å². The third kappa shape index (κ3) is 7.53. The summed E-state index contributed by atoms with van der Waals surface area (Å²) in [7, 11) is 2.92. The number of carbonyl (C=O) groups is 1. The van der Waals surface area contributed by atoms with E-state index in [0.29, 0.717) is 24.7 Å². The van der Waals surface area contributed by atoms with Gasteiger partial charge in [-0.2, -0.15) is 0 Å². The minimum atomic E-state index is -0.842. The van der Waals surface area contributed by atoms with Crippen molar-refractivity contribution in [2.75, 3.05) is 27.4 Å². The summed E-state index contributed by atoms with van der Waals surface area (Å²) in [5.41, 5.74) is 3.81. The second kappa shape index (κ2) is 12.3. The van der Waals surface area contributed by atoms with Crippen molar-refractivity contribution in [1.82, 2.24) is 0 Å². The van der Waals surface area contributed by atoms with Crippen molar-refractivity contribution in [2.45, 2.75) is 46.8 Å². The summed E-state index contributed by atoms with van der Waals surface area (Å²) in [6.45, 7) is 10.9. The molecule has 1 atom stereocenters. The number of benzene rings is 1. The van der Waals surface area contributed by atoms with E-state index in [0.717, 1.165) is 16.7 Å². The molecule has 1 aliphatic heterocycles. The Hall–Kier alpha value is -2.99. The molecule has 6 nitrogen and oxygen atoms in total. The van der Waals surface area contributed by atoms with Gasteiger partial charge in [0.05, 0.1) is 33.5 Å². The lowest BCUT2D eigenvalue weighted by Crippen LogP contribution is -2.51. The molecule has 0 spiro atoms. The van der Waals surface area contributed by atoms with Crippen LogP contribution in [0.3, 0.4) is 0 Å². The quantitative estimate of drug-likeness (QED) is 0.191. The van der Waals surface area contributed by atoms with E-state index in [1.165, 1.54) is 12.7 Å². The summed E-state index contributed by atoms with van der Waals surface area (Å²) in [6.07, 6.45) is 9.54. The van der Waals surface area contributed by atoms with Crippen molar-refractivity contribution in [2.24, 2.45) is 5.92 Å². The second-order valence-corrected chi connectivity index (χ2v) is 8.50. The third-order valence-electron chi connectivity index (χ3n) is 5.34. The average molecular weight is 457 g/mol. The van der Waals surface area contributed by atoms with Crippen molar-refractivity contribution in [3.8, 4) is 11.5 Å². The Kier molecular flexibility index (Phi) is 9.79. The summed E-state index contributed by atoms with van der Waals surface area (Å²) in [6, 6.07) is 5.81. The number of rotatable bonds is 10. The summed E-state index contributed by atoms with van der Waals surface area (Å²) in [5.74, 6) is 0.292. The maximum Gasteiger partial charge on any atom is 0.310 e. The summed E-state index contributed by atoms with van der Waals surface area (Å²) < 4.78 is 28.3. The van der Waals surface area contributed by atoms with Crippen LogP contribution in [0.25, 0.3) is 6.08 Å². The molecule has 0 aliphatic carbocycles. The zero-order chi connectivity index (χ0) is 24.4. The molecule has 2 rings (SSSR count). The average Bonchev–Trinajstić information content (AvgIpc) is 2.77. The topological polar surface area (TPSA) is 63.2 Å². The first kappa shape index (κ1) is 26.3. The predicted molar refractivity (Wildman–Crippen MR) is 130 cm³/mol. The van der Waals surface area contributed by atoms with Crippen molar-refractivity contribution in [3.05, 3.63) is 65.0 Å². The van der Waals surface area contributed by atoms with Crippen LogP contribution in [0.1, 0.15) is 46.6 Å². The Morgan fingerprint density at radius 1 is 1.18 bits per heavy atom. The minimum absolute atomic E-state index is 0.0989. The van der Waals surface area contributed by atoms with Crippen molar-refractivity contribution in [3.63, 3.8) is 0 Å². The molecule has 1 aliphatic rings. The van der Waals surface area contributed by atoms with Gasteiger partial charge in [-0.05, 0) is 44.0 Å². The van der Waals surface area contributed by atoms with Crippen LogP contribution in [0.2, 0.25) is 0 Å². The highest BCUT2D eigenvalue weighted by atomic mass is 16.7. The Bertz CT molecular complexity index is 934. The van der Waals surface area contributed by atoms with Crippen molar-refractivity contribution < 1.29 is 28.5 Å². The molecule has 0 radical (unpaired) electrons. The van der Waals surface area contributed by atoms with E-state index in [-0.39, 0.29) is 18.3 Å². The van der Waals surface area contributed by atoms with E-state index >= 15 is 0 Å². The molecule has 0 bridgehead atoms. The number of ether oxygens (including phenoxy) is 5. The van der Waals surface area contributed by atoms with Gasteiger partial charge in [-0.1, -0.05) is 49.8 Å². The van der Waals surface area contributed by atoms with Crippen LogP contribution >= 0.6 is 0 Å². The van der Waals surface area contributed by atoms with Crippen LogP contribution in [-0.4, -0.2) is 39.2 Å². The zero-order valence-electron chi connectivity index (χ0n) is 20.8. The van der Waals surface area contributed by atoms with Crippen LogP contribution in [0, 0.1) is 5.92 Å². The van der Waals surface area contributed by atoms with Gasteiger partial charge in [0.15, 0.2) is 18.1 Å². The van der Waals surface area contributed by atoms with Crippen LogP contribution in [-0.2, 0) is 19.0 Å². The molecule has 6 heteroatoms. The lowest BCUT2D eigenvalue weighted by Gasteiger charge is -2.40. The highest BCUT2D eigenvalue weighted by Gasteiger charge is 2.42. The van der Waals surface area contributed by atoms with Gasteiger partial charge < -0.3 is 23.7 Å². The molecule has 0 unspecified atom stereocenters. The summed E-state index contributed by atoms with van der Waals surface area (Å²) in [5, 5.41) is 0. The molecule has 180 valence electrons. The van der Waals surface area contributed by atoms with Gasteiger partial charge in [-0.3, -0.25) is 4.79 Å². The summed E-state index contributed by atoms with van der Waals surface area (Å²) in [4.78, 5) is 11.6. The Labute approximate surface area is 197 Å². The monoisotopic (exact) mass is 456 g/mol. The number of hydrogen-bond acceptors (Lipinski definition) is 6. The Morgan fingerprint density at radius 3 is 2.58 bits per heavy atom. The van der Waals surface area contributed by atoms with Gasteiger partial charge >= 0.3 is 5.97 Å². The smallest absolute Gasteiger partial charge is 0.310 e. The lowest BCUT2D eigenvalue weighted by molar-refractivity contribution is -0.231. The van der Waals surface area contributed by atoms with E-state index in [1.54, 1.807) is 13.4 Å². The van der Waals surface area contributed by atoms with Gasteiger partial charge in [0, 0.05) is 11.5 Å². The predicted octanol–water partition coefficient (Wildman–Crippen LogP) is 5.85. The summed E-state index contributed by atoms with van der Waals surface area (Å²) >= 11 is 0. The normalized spacial score (nSPS) is 18.4. The van der Waals surface area contributed by atoms with Gasteiger partial charge in [-0.15, -0.1) is 0 Å². The molecule has 0 saturated heterocycles. The maximum atomic E-state index is 11.6. The standard InChI is InChI=1S/C27H36O6/c1-19(2)13-14-32-27(20(3)4)18-31-24-12-11-22(15-25(24)33-27)10-8-9-21(5)23(17-29-6)16-26(28)30-7/h8-13,15,17,20H,14,16,18H2,1-7H3/b10-8+,21-9-,23-17-/t27-/m1/s1. The van der Waals surface area contributed by atoms with E-state index in [1.807, 2.05) is 63.3 Å². The fraction of sp³-hybridized carbons (Fsp3) is 0.444. The maximum absolute atomic E-state index is 11.6. The van der Waals surface area contributed by atoms with Gasteiger partial charge in [0.1, 0.15) is 0 Å². The fourth-order valence-corrected chi connectivity index (χ4v) is 3.15. The second-order valence-electron chi connectivity index (χ2n) is 8.50. The first-order valence-electron chi connectivity index (χ1n) is 11.1. The Balaban J connectivity index is 2.19. The zero-order valence-corrected chi connectivity index (χ0v) is 20.8. The molecule has 1 aromatic carbocycles. The largest absolute Gasteiger partial charge is 0.504 e. The highest BCUT2D eigenvalue weighted by molar-refractivity contribution is 5.73. The molecule has 0 fully saturated rings. The third-order valence-corrected chi connectivity index (χ3v) is 5.34. The number of carbonyl (C=O) groups excluding carboxylic acids is 1. The van der Waals surface area contributed by atoms with E-state index < -0.39 is 5.79 Å². The first-order chi connectivity index (χ1) is 15.7. The molecule has 1 heterocycles. The van der Waals surface area contributed by atoms with Gasteiger partial charge in [0.25, 0.3) is 0 Å². The molecule has 33 heavy (non-hydrogen) atoms. The Morgan fingerprint density at radius 2 is 1.94 bits per heavy atom. The SMILES string of the molecule is CO\C=C(CC(=O)OC)/C(C)=C\C=C\c1ccc2c(c1)O[C@@](OCC=C(C)C)(C(C)C)CO2. The first-order valence-corrected chi connectivity index (χ1v) is 11.1. The molecule has 0 saturated carbocycles. The van der Waals surface area contributed by atoms with Crippen molar-refractivity contribution in [1.29, 1.82) is 0 Å². The number of fused-ring (bicyclic) bond motifs is 1. The van der Waals surface area contributed by atoms with Crippen LogP contribution in [0.15, 0.2) is 59.4 Å². The molecular formula is C27H36O6. The van der Waals surface area contributed by atoms with E-state index in [9.17, 15) is 4.79 Å². The van der Waals surface area contributed by atoms with Gasteiger partial charge in [0.2, 0.25) is 5.79 Å². The lowest BCUT2D eigenvalue weighted by atomic mass is 10.0. The molecular weight excluding hydrogens is 420 g/mol. The molecule has 0 N–H and O–H groups in total. The number of allylic oxidation sites excluding steroid dienone is 4. The number of esters is 1. The minimum Gasteiger partial charge on any atom is -0.504 e. The molecule has 0 aromatic heterocycles. The number of hydrogen-bond donors (Lipinski definition) is 0. The van der Waals surface area contributed by atoms with E-state index in [4.69, 9.17) is 23.7 Å². The van der Waals surface area contributed by atoms with Crippen LogP contribution in [0.5, 0.6) is 11.5 Å². The molecule has 0 amide bonds. The molecule has 1 aromatic rings. The van der Waals surface area contributed by atoms with E-state index in [2.05, 4.69) is 13.8 Å². The van der Waals surface area contributed by atoms with Gasteiger partial charge in [-0.25, -0.2) is 0 Å². The highest BCUT2D eigenvalue weighted by Crippen LogP contribution is 2.39. The van der Waals surface area contributed by atoms with Crippen molar-refractivity contribution >= 4 is 12.0 Å². The van der Waals surface area contributed by atoms with Crippen LogP contribution < -0.4 is 9.47 Å². The number of methoxy groups -OCH3 is 2. The fourth-order valence-electron chi connectivity index (χ4n) is 3.15.